The Hall–Kier alpha value is -2.77. The smallest absolute Gasteiger partial charge is 0.338 e. The lowest BCUT2D eigenvalue weighted by atomic mass is 10.0. The highest BCUT2D eigenvalue weighted by molar-refractivity contribution is 9.10. The van der Waals surface area contributed by atoms with Crippen LogP contribution in [-0.4, -0.2) is 22.1 Å². The van der Waals surface area contributed by atoms with Crippen LogP contribution in [0.25, 0.3) is 21.3 Å². The Morgan fingerprint density at radius 2 is 1.97 bits per heavy atom. The van der Waals surface area contributed by atoms with Crippen LogP contribution < -0.4 is 5.56 Å². The summed E-state index contributed by atoms with van der Waals surface area (Å²) in [4.78, 5) is 31.9. The highest BCUT2D eigenvalue weighted by atomic mass is 79.9. The second-order valence-electron chi connectivity index (χ2n) is 7.23. The lowest BCUT2D eigenvalue weighted by Gasteiger charge is -2.09. The fraction of sp³-hybridized carbons (Fsp3) is 0.208. The number of ether oxygens (including phenoxy) is 1. The van der Waals surface area contributed by atoms with E-state index in [2.05, 4.69) is 20.9 Å². The van der Waals surface area contributed by atoms with Crippen molar-refractivity contribution in [2.24, 2.45) is 0 Å². The maximum Gasteiger partial charge on any atom is 0.338 e. The average molecular weight is 497 g/mol. The van der Waals surface area contributed by atoms with Crippen molar-refractivity contribution in [3.63, 3.8) is 0 Å². The molecule has 0 spiro atoms. The van der Waals surface area contributed by atoms with Crippen molar-refractivity contribution in [3.05, 3.63) is 85.7 Å². The van der Waals surface area contributed by atoms with Crippen molar-refractivity contribution in [2.75, 3.05) is 6.61 Å². The van der Waals surface area contributed by atoms with Gasteiger partial charge in [0.05, 0.1) is 30.4 Å². The monoisotopic (exact) mass is 496 g/mol. The maximum atomic E-state index is 13.4. The Labute approximate surface area is 192 Å². The van der Waals surface area contributed by atoms with Crippen molar-refractivity contribution in [2.45, 2.75) is 26.8 Å². The summed E-state index contributed by atoms with van der Waals surface area (Å²) in [5, 5.41) is 0.630. The molecule has 0 unspecified atom stereocenters. The number of carbonyl (C=O) groups is 1. The van der Waals surface area contributed by atoms with Gasteiger partial charge in [-0.25, -0.2) is 9.78 Å². The van der Waals surface area contributed by atoms with Gasteiger partial charge < -0.3 is 4.74 Å². The van der Waals surface area contributed by atoms with E-state index in [1.807, 2.05) is 44.2 Å². The average Bonchev–Trinajstić information content (AvgIpc) is 3.11. The van der Waals surface area contributed by atoms with Gasteiger partial charge in [-0.15, -0.1) is 11.3 Å². The first kappa shape index (κ1) is 21.5. The Kier molecular flexibility index (Phi) is 6.34. The molecule has 0 saturated heterocycles. The first-order chi connectivity index (χ1) is 15.0. The molecule has 0 amide bonds. The number of carbonyl (C=O) groups excluding carboxylic acids is 1. The molecule has 0 N–H and O–H groups in total. The molecule has 4 aromatic rings. The molecule has 0 aliphatic heterocycles. The third-order valence-corrected chi connectivity index (χ3v) is 6.48. The van der Waals surface area contributed by atoms with E-state index >= 15 is 0 Å². The molecule has 0 fully saturated rings. The number of nitrogens with zero attached hydrogens (tertiary/aromatic N) is 2. The summed E-state index contributed by atoms with van der Waals surface area (Å²) in [7, 11) is 0. The van der Waals surface area contributed by atoms with Gasteiger partial charge in [-0.2, -0.15) is 0 Å². The van der Waals surface area contributed by atoms with Crippen LogP contribution in [0.4, 0.5) is 0 Å². The number of halogens is 1. The number of fused-ring (bicyclic) bond motifs is 1. The van der Waals surface area contributed by atoms with E-state index in [4.69, 9.17) is 4.74 Å². The quantitative estimate of drug-likeness (QED) is 0.316. The fourth-order valence-electron chi connectivity index (χ4n) is 3.49. The van der Waals surface area contributed by atoms with Crippen LogP contribution in [0.1, 0.15) is 34.1 Å². The van der Waals surface area contributed by atoms with Crippen molar-refractivity contribution in [1.82, 2.24) is 9.55 Å². The molecule has 0 aliphatic carbocycles. The molecule has 0 atom stereocenters. The van der Waals surface area contributed by atoms with Gasteiger partial charge >= 0.3 is 5.97 Å². The van der Waals surface area contributed by atoms with Crippen molar-refractivity contribution >= 4 is 43.5 Å². The van der Waals surface area contributed by atoms with Crippen molar-refractivity contribution in [3.8, 4) is 11.1 Å². The molecule has 2 aromatic carbocycles. The minimum Gasteiger partial charge on any atom is -0.462 e. The molecular formula is C24H21BrN2O3S. The predicted molar refractivity (Wildman–Crippen MR) is 128 cm³/mol. The van der Waals surface area contributed by atoms with Crippen LogP contribution in [-0.2, 0) is 11.3 Å². The molecule has 158 valence electrons. The van der Waals surface area contributed by atoms with Crippen LogP contribution in [0.5, 0.6) is 0 Å². The summed E-state index contributed by atoms with van der Waals surface area (Å²) < 4.78 is 7.80. The van der Waals surface area contributed by atoms with Crippen LogP contribution >= 0.6 is 27.3 Å². The number of aryl methyl sites for hydroxylation is 1. The summed E-state index contributed by atoms with van der Waals surface area (Å²) in [6, 6.07) is 15.1. The predicted octanol–water partition coefficient (Wildman–Crippen LogP) is 5.81. The zero-order valence-electron chi connectivity index (χ0n) is 17.2. The third-order valence-electron chi connectivity index (χ3n) is 4.94. The van der Waals surface area contributed by atoms with Crippen LogP contribution in [0.2, 0.25) is 0 Å². The Morgan fingerprint density at radius 3 is 2.71 bits per heavy atom. The number of esters is 1. The minimum atomic E-state index is -0.351. The SMILES string of the molecule is CCCOC(=O)c1cccc(Cn2cnc3sc(C)c(-c4ccc(Br)cc4)c3c2=O)c1. The molecular weight excluding hydrogens is 476 g/mol. The molecule has 31 heavy (non-hydrogen) atoms. The standard InChI is InChI=1S/C24H21BrN2O3S/c1-3-11-30-24(29)18-6-4-5-16(12-18)13-27-14-26-22-21(23(27)28)20(15(2)31-22)17-7-9-19(25)10-8-17/h4-10,12,14H,3,11,13H2,1-2H3. The van der Waals surface area contributed by atoms with Gasteiger partial charge in [0.25, 0.3) is 5.56 Å². The first-order valence-corrected chi connectivity index (χ1v) is 11.6. The van der Waals surface area contributed by atoms with Gasteiger partial charge in [0.15, 0.2) is 0 Å². The second-order valence-corrected chi connectivity index (χ2v) is 9.35. The number of aromatic nitrogens is 2. The highest BCUT2D eigenvalue weighted by Gasteiger charge is 2.17. The van der Waals surface area contributed by atoms with E-state index < -0.39 is 0 Å². The number of thiophene rings is 1. The van der Waals surface area contributed by atoms with Gasteiger partial charge in [0, 0.05) is 14.9 Å². The number of hydrogen-bond acceptors (Lipinski definition) is 5. The Bertz CT molecular complexity index is 1310. The molecule has 0 radical (unpaired) electrons. The normalized spacial score (nSPS) is 11.1. The molecule has 5 nitrogen and oxygen atoms in total. The Balaban J connectivity index is 1.72. The van der Waals surface area contributed by atoms with Gasteiger partial charge in [-0.05, 0) is 48.7 Å². The zero-order chi connectivity index (χ0) is 22.0. The van der Waals surface area contributed by atoms with Crippen LogP contribution in [0, 0.1) is 6.92 Å². The third kappa shape index (κ3) is 4.48. The molecule has 0 bridgehead atoms. The van der Waals surface area contributed by atoms with Gasteiger partial charge in [-0.1, -0.05) is 47.1 Å². The summed E-state index contributed by atoms with van der Waals surface area (Å²) in [6.07, 6.45) is 2.35. The van der Waals surface area contributed by atoms with E-state index in [-0.39, 0.29) is 11.5 Å². The number of benzene rings is 2. The highest BCUT2D eigenvalue weighted by Crippen LogP contribution is 2.35. The summed E-state index contributed by atoms with van der Waals surface area (Å²) in [5.41, 5.74) is 3.15. The van der Waals surface area contributed by atoms with E-state index in [1.54, 1.807) is 29.1 Å². The van der Waals surface area contributed by atoms with E-state index in [0.717, 1.165) is 37.3 Å². The van der Waals surface area contributed by atoms with E-state index in [9.17, 15) is 9.59 Å². The van der Waals surface area contributed by atoms with Gasteiger partial charge in [0.1, 0.15) is 4.83 Å². The number of rotatable bonds is 6. The van der Waals surface area contributed by atoms with Crippen LogP contribution in [0.15, 0.2) is 64.1 Å². The molecule has 0 saturated carbocycles. The topological polar surface area (TPSA) is 61.2 Å². The number of hydrogen-bond donors (Lipinski definition) is 0. The maximum absolute atomic E-state index is 13.4. The summed E-state index contributed by atoms with van der Waals surface area (Å²) in [5.74, 6) is -0.351. The largest absolute Gasteiger partial charge is 0.462 e. The molecule has 7 heteroatoms. The van der Waals surface area contributed by atoms with E-state index in [1.165, 1.54) is 11.3 Å². The first-order valence-electron chi connectivity index (χ1n) is 9.98. The zero-order valence-corrected chi connectivity index (χ0v) is 19.6. The van der Waals surface area contributed by atoms with Crippen molar-refractivity contribution in [1.29, 1.82) is 0 Å². The van der Waals surface area contributed by atoms with Gasteiger partial charge in [-0.3, -0.25) is 9.36 Å². The minimum absolute atomic E-state index is 0.0915. The molecule has 2 aromatic heterocycles. The molecule has 2 heterocycles. The van der Waals surface area contributed by atoms with Crippen LogP contribution in [0.3, 0.4) is 0 Å². The van der Waals surface area contributed by atoms with E-state index in [0.29, 0.717) is 24.1 Å². The fourth-order valence-corrected chi connectivity index (χ4v) is 4.75. The Morgan fingerprint density at radius 1 is 1.19 bits per heavy atom. The second kappa shape index (κ2) is 9.16. The lowest BCUT2D eigenvalue weighted by Crippen LogP contribution is -2.21. The molecule has 0 aliphatic rings. The summed E-state index contributed by atoms with van der Waals surface area (Å²) >= 11 is 4.98. The lowest BCUT2D eigenvalue weighted by molar-refractivity contribution is 0.0505. The van der Waals surface area contributed by atoms with Gasteiger partial charge in [0.2, 0.25) is 0 Å². The van der Waals surface area contributed by atoms with Crippen molar-refractivity contribution < 1.29 is 9.53 Å². The summed E-state index contributed by atoms with van der Waals surface area (Å²) in [6.45, 7) is 4.68. The molecule has 4 rings (SSSR count).